The molecule has 3 aromatic rings. The molecule has 0 saturated carbocycles. The van der Waals surface area contributed by atoms with Gasteiger partial charge in [-0.1, -0.05) is 74.4 Å². The van der Waals surface area contributed by atoms with E-state index in [1.165, 1.54) is 48.3 Å². The van der Waals surface area contributed by atoms with Crippen molar-refractivity contribution >= 4 is 29.8 Å². The van der Waals surface area contributed by atoms with E-state index in [0.717, 1.165) is 19.4 Å². The molecule has 188 valence electrons. The molecule has 0 amide bonds. The standard InChI is InChI=1S/C18H15P.C12H23NO2.BrH/c1-4-10-16(11-5-1)19(17-12-6-2-7-13-17)18-14-8-3-9-15-18;1-2-3-7-12(14)15-11-10-13-8-5-4-6-9-13;/h1-15H;2-11H2,1H3;1H. The van der Waals surface area contributed by atoms with Crippen molar-refractivity contribution in [2.45, 2.75) is 45.4 Å². The van der Waals surface area contributed by atoms with Crippen LogP contribution in [0.3, 0.4) is 0 Å². The van der Waals surface area contributed by atoms with E-state index >= 15 is 0 Å². The predicted molar refractivity (Wildman–Crippen MR) is 147 cm³/mol. The number of halogens is 1. The second kappa shape index (κ2) is 17.4. The lowest BCUT2D eigenvalue weighted by molar-refractivity contribution is -0.144. The third-order valence-electron chi connectivity index (χ3n) is 6.04. The number of carbonyl (C=O) groups is 1. The van der Waals surface area contributed by atoms with Gasteiger partial charge in [0.05, 0.1) is 7.92 Å². The Morgan fingerprint density at radius 3 is 1.66 bits per heavy atom. The maximum Gasteiger partial charge on any atom is 0.305 e. The van der Waals surface area contributed by atoms with E-state index in [2.05, 4.69) is 103 Å². The van der Waals surface area contributed by atoms with Crippen LogP contribution in [0.5, 0.6) is 0 Å². The van der Waals surface area contributed by atoms with Crippen LogP contribution in [0.1, 0.15) is 45.4 Å². The van der Waals surface area contributed by atoms with Crippen LogP contribution in [0.4, 0.5) is 0 Å². The summed E-state index contributed by atoms with van der Waals surface area (Å²) in [6, 6.07) is 32.5. The van der Waals surface area contributed by atoms with Crippen molar-refractivity contribution in [3.05, 3.63) is 91.0 Å². The van der Waals surface area contributed by atoms with Crippen LogP contribution < -0.4 is 32.9 Å². The Balaban J connectivity index is 0.000000247. The van der Waals surface area contributed by atoms with Crippen LogP contribution in [-0.4, -0.2) is 37.1 Å². The van der Waals surface area contributed by atoms with Crippen molar-refractivity contribution in [2.75, 3.05) is 26.2 Å². The summed E-state index contributed by atoms with van der Waals surface area (Å²) < 4.78 is 5.17. The highest BCUT2D eigenvalue weighted by Gasteiger charge is 2.24. The van der Waals surface area contributed by atoms with Gasteiger partial charge in [-0.25, -0.2) is 0 Å². The number of rotatable bonds is 9. The molecule has 0 unspecified atom stereocenters. The summed E-state index contributed by atoms with van der Waals surface area (Å²) in [5.74, 6) is -0.0335. The van der Waals surface area contributed by atoms with E-state index in [4.69, 9.17) is 4.74 Å². The maximum atomic E-state index is 11.2. The SMILES string of the molecule is CCCCC(=O)OCCN1CCCCC1.[Br-].c1ccc([PH+](c2ccccc2)c2ccccc2)cc1. The van der Waals surface area contributed by atoms with Gasteiger partial charge in [-0.15, -0.1) is 0 Å². The average molecular weight is 557 g/mol. The fraction of sp³-hybridized carbons (Fsp3) is 0.367. The largest absolute Gasteiger partial charge is 1.00 e. The van der Waals surface area contributed by atoms with Crippen LogP contribution in [0, 0.1) is 0 Å². The van der Waals surface area contributed by atoms with Gasteiger partial charge in [0.15, 0.2) is 0 Å². The number of esters is 1. The van der Waals surface area contributed by atoms with Gasteiger partial charge in [-0.05, 0) is 68.8 Å². The van der Waals surface area contributed by atoms with Crippen molar-refractivity contribution in [3.8, 4) is 0 Å². The second-order valence-electron chi connectivity index (χ2n) is 8.70. The summed E-state index contributed by atoms with van der Waals surface area (Å²) in [6.45, 7) is 5.92. The fourth-order valence-corrected chi connectivity index (χ4v) is 6.76. The molecule has 1 aliphatic heterocycles. The molecule has 1 fully saturated rings. The Morgan fingerprint density at radius 2 is 1.23 bits per heavy atom. The molecule has 35 heavy (non-hydrogen) atoms. The van der Waals surface area contributed by atoms with Gasteiger partial charge in [0.1, 0.15) is 22.5 Å². The number of nitrogens with zero attached hydrogens (tertiary/aromatic N) is 1. The summed E-state index contributed by atoms with van der Waals surface area (Å²) in [4.78, 5) is 13.6. The Labute approximate surface area is 223 Å². The van der Waals surface area contributed by atoms with Crippen LogP contribution in [0.25, 0.3) is 0 Å². The monoisotopic (exact) mass is 555 g/mol. The molecule has 0 radical (unpaired) electrons. The molecule has 0 aliphatic carbocycles. The molecular weight excluding hydrogens is 517 g/mol. The minimum Gasteiger partial charge on any atom is -1.00 e. The zero-order valence-electron chi connectivity index (χ0n) is 20.9. The number of carbonyl (C=O) groups excluding carboxylic acids is 1. The molecule has 0 aromatic heterocycles. The quantitative estimate of drug-likeness (QED) is 0.300. The molecule has 3 aromatic carbocycles. The molecule has 3 nitrogen and oxygen atoms in total. The molecular formula is C30H39BrNO2P. The van der Waals surface area contributed by atoms with E-state index in [9.17, 15) is 4.79 Å². The van der Waals surface area contributed by atoms with Gasteiger partial charge >= 0.3 is 5.97 Å². The minimum atomic E-state index is -0.877. The predicted octanol–water partition coefficient (Wildman–Crippen LogP) is 2.39. The summed E-state index contributed by atoms with van der Waals surface area (Å²) in [5.41, 5.74) is 0. The minimum absolute atomic E-state index is 0. The van der Waals surface area contributed by atoms with Crippen LogP contribution in [0.2, 0.25) is 0 Å². The number of piperidine rings is 1. The smallest absolute Gasteiger partial charge is 0.305 e. The second-order valence-corrected chi connectivity index (χ2v) is 11.2. The van der Waals surface area contributed by atoms with Gasteiger partial charge in [0, 0.05) is 13.0 Å². The fourth-order valence-electron chi connectivity index (χ4n) is 4.18. The lowest BCUT2D eigenvalue weighted by Crippen LogP contribution is -3.00. The Kier molecular flexibility index (Phi) is 14.6. The number of hydrogen-bond acceptors (Lipinski definition) is 3. The van der Waals surface area contributed by atoms with Crippen LogP contribution in [-0.2, 0) is 9.53 Å². The Morgan fingerprint density at radius 1 is 0.771 bits per heavy atom. The molecule has 1 aliphatic rings. The Bertz CT molecular complexity index is 840. The Hall–Kier alpha value is -2.00. The van der Waals surface area contributed by atoms with Gasteiger partial charge in [-0.2, -0.15) is 0 Å². The van der Waals surface area contributed by atoms with Gasteiger partial charge in [0.25, 0.3) is 0 Å². The zero-order valence-corrected chi connectivity index (χ0v) is 23.5. The molecule has 1 saturated heterocycles. The van der Waals surface area contributed by atoms with Crippen LogP contribution in [0.15, 0.2) is 91.0 Å². The highest BCUT2D eigenvalue weighted by atomic mass is 79.9. The number of likely N-dealkylation sites (tertiary alicyclic amines) is 1. The molecule has 4 rings (SSSR count). The lowest BCUT2D eigenvalue weighted by atomic mass is 10.1. The lowest BCUT2D eigenvalue weighted by Gasteiger charge is -2.25. The topological polar surface area (TPSA) is 29.5 Å². The van der Waals surface area contributed by atoms with E-state index in [1.807, 2.05) is 0 Å². The molecule has 0 atom stereocenters. The van der Waals surface area contributed by atoms with E-state index < -0.39 is 7.92 Å². The van der Waals surface area contributed by atoms with E-state index in [1.54, 1.807) is 0 Å². The maximum absolute atomic E-state index is 11.2. The summed E-state index contributed by atoms with van der Waals surface area (Å²) >= 11 is 0. The third kappa shape index (κ3) is 10.7. The average Bonchev–Trinajstić information content (AvgIpc) is 2.91. The zero-order chi connectivity index (χ0) is 23.8. The van der Waals surface area contributed by atoms with Crippen LogP contribution >= 0.6 is 7.92 Å². The normalized spacial score (nSPS) is 13.3. The molecule has 0 bridgehead atoms. The van der Waals surface area contributed by atoms with E-state index in [0.29, 0.717) is 13.0 Å². The number of hydrogen-bond donors (Lipinski definition) is 0. The first kappa shape index (κ1) is 29.2. The van der Waals surface area contributed by atoms with Gasteiger partial charge < -0.3 is 21.7 Å². The van der Waals surface area contributed by atoms with Crippen molar-refractivity contribution in [1.82, 2.24) is 4.90 Å². The number of unbranched alkanes of at least 4 members (excludes halogenated alkanes) is 1. The first-order chi connectivity index (χ1) is 16.8. The van der Waals surface area contributed by atoms with Crippen molar-refractivity contribution in [3.63, 3.8) is 0 Å². The highest BCUT2D eigenvalue weighted by Crippen LogP contribution is 2.32. The van der Waals surface area contributed by atoms with Crippen molar-refractivity contribution < 1.29 is 26.5 Å². The highest BCUT2D eigenvalue weighted by molar-refractivity contribution is 7.79. The first-order valence-corrected chi connectivity index (χ1v) is 14.2. The van der Waals surface area contributed by atoms with Gasteiger partial charge in [-0.3, -0.25) is 9.69 Å². The molecule has 1 heterocycles. The van der Waals surface area contributed by atoms with E-state index in [-0.39, 0.29) is 23.0 Å². The van der Waals surface area contributed by atoms with Crippen molar-refractivity contribution in [1.29, 1.82) is 0 Å². The third-order valence-corrected chi connectivity index (χ3v) is 8.77. The summed E-state index contributed by atoms with van der Waals surface area (Å²) in [6.07, 6.45) is 6.53. The first-order valence-electron chi connectivity index (χ1n) is 12.7. The van der Waals surface area contributed by atoms with Crippen molar-refractivity contribution in [2.24, 2.45) is 0 Å². The number of ether oxygens (including phenoxy) is 1. The number of benzene rings is 3. The summed E-state index contributed by atoms with van der Waals surface area (Å²) in [5, 5.41) is 4.31. The summed E-state index contributed by atoms with van der Waals surface area (Å²) in [7, 11) is -0.877. The molecule has 5 heteroatoms. The molecule has 0 spiro atoms. The van der Waals surface area contributed by atoms with Gasteiger partial charge in [0.2, 0.25) is 0 Å². The molecule has 0 N–H and O–H groups in total.